The number of ketones is 2. The summed E-state index contributed by atoms with van der Waals surface area (Å²) in [5.41, 5.74) is 1.48. The first-order chi connectivity index (χ1) is 12.0. The van der Waals surface area contributed by atoms with E-state index in [2.05, 4.69) is 5.32 Å². The topological polar surface area (TPSA) is 83.5 Å². The number of allylic oxidation sites excluding steroid dienone is 1. The quantitative estimate of drug-likeness (QED) is 0.900. The average Bonchev–Trinajstić information content (AvgIpc) is 2.63. The van der Waals surface area contributed by atoms with Gasteiger partial charge in [-0.3, -0.25) is 14.4 Å². The van der Waals surface area contributed by atoms with Crippen LogP contribution in [0.15, 0.2) is 59.7 Å². The van der Waals surface area contributed by atoms with Crippen LogP contribution in [-0.4, -0.2) is 29.1 Å². The van der Waals surface area contributed by atoms with E-state index in [1.165, 1.54) is 18.2 Å². The van der Waals surface area contributed by atoms with E-state index < -0.39 is 0 Å². The number of hydrogen-bond acceptors (Lipinski definition) is 4. The van der Waals surface area contributed by atoms with Crippen molar-refractivity contribution in [3.05, 3.63) is 76.4 Å². The summed E-state index contributed by atoms with van der Waals surface area (Å²) < 4.78 is 0. The molecule has 0 fully saturated rings. The van der Waals surface area contributed by atoms with Gasteiger partial charge in [-0.25, -0.2) is 0 Å². The highest BCUT2D eigenvalue weighted by Crippen LogP contribution is 2.32. The van der Waals surface area contributed by atoms with E-state index in [0.29, 0.717) is 16.7 Å². The Bertz CT molecular complexity index is 897. The van der Waals surface area contributed by atoms with E-state index in [0.717, 1.165) is 0 Å². The fraction of sp³-hybridized carbons (Fsp3) is 0.150. The van der Waals surface area contributed by atoms with E-state index in [4.69, 9.17) is 0 Å². The molecule has 3 rings (SSSR count). The first-order valence-corrected chi connectivity index (χ1v) is 7.95. The molecular weight excluding hydrogens is 318 g/mol. The van der Waals surface area contributed by atoms with E-state index in [1.807, 2.05) is 6.07 Å². The SMILES string of the molecule is CC1=C(CCNC(=O)c2ccccc2)C(=O)c2c(O)cccc2C1=O. The van der Waals surface area contributed by atoms with Crippen molar-refractivity contribution in [2.75, 3.05) is 6.54 Å². The minimum Gasteiger partial charge on any atom is -0.507 e. The predicted octanol–water partition coefficient (Wildman–Crippen LogP) is 2.91. The van der Waals surface area contributed by atoms with Crippen molar-refractivity contribution < 1.29 is 19.5 Å². The summed E-state index contributed by atoms with van der Waals surface area (Å²) in [6.45, 7) is 1.82. The molecule has 0 spiro atoms. The summed E-state index contributed by atoms with van der Waals surface area (Å²) in [5.74, 6) is -1.07. The molecule has 2 aromatic carbocycles. The molecule has 1 amide bonds. The number of benzene rings is 2. The van der Waals surface area contributed by atoms with Crippen molar-refractivity contribution in [2.24, 2.45) is 0 Å². The van der Waals surface area contributed by atoms with Crippen LogP contribution >= 0.6 is 0 Å². The van der Waals surface area contributed by atoms with Crippen LogP contribution in [0, 0.1) is 0 Å². The van der Waals surface area contributed by atoms with Gasteiger partial charge < -0.3 is 10.4 Å². The number of fused-ring (bicyclic) bond motifs is 1. The highest BCUT2D eigenvalue weighted by molar-refractivity contribution is 6.27. The molecule has 126 valence electrons. The van der Waals surface area contributed by atoms with Crippen LogP contribution in [0.25, 0.3) is 0 Å². The molecule has 2 N–H and O–H groups in total. The van der Waals surface area contributed by atoms with Crippen LogP contribution in [-0.2, 0) is 0 Å². The number of amides is 1. The fourth-order valence-corrected chi connectivity index (χ4v) is 2.92. The maximum atomic E-state index is 12.7. The molecule has 0 unspecified atom stereocenters. The number of Topliss-reactive ketones (excluding diaryl/α,β-unsaturated/α-hetero) is 2. The Morgan fingerprint density at radius 2 is 1.72 bits per heavy atom. The molecule has 1 aliphatic carbocycles. The van der Waals surface area contributed by atoms with Crippen LogP contribution < -0.4 is 5.32 Å². The number of rotatable bonds is 4. The number of carbonyl (C=O) groups is 3. The lowest BCUT2D eigenvalue weighted by Crippen LogP contribution is -2.27. The zero-order chi connectivity index (χ0) is 18.0. The van der Waals surface area contributed by atoms with Crippen LogP contribution in [0.2, 0.25) is 0 Å². The van der Waals surface area contributed by atoms with E-state index >= 15 is 0 Å². The van der Waals surface area contributed by atoms with Gasteiger partial charge in [0.05, 0.1) is 5.56 Å². The van der Waals surface area contributed by atoms with Gasteiger partial charge >= 0.3 is 0 Å². The Balaban J connectivity index is 1.75. The van der Waals surface area contributed by atoms with Gasteiger partial charge in [0.15, 0.2) is 11.6 Å². The van der Waals surface area contributed by atoms with Gasteiger partial charge in [0.25, 0.3) is 5.91 Å². The fourth-order valence-electron chi connectivity index (χ4n) is 2.92. The monoisotopic (exact) mass is 335 g/mol. The summed E-state index contributed by atoms with van der Waals surface area (Å²) in [4.78, 5) is 37.1. The summed E-state index contributed by atoms with van der Waals surface area (Å²) in [5, 5.41) is 12.7. The minimum atomic E-state index is -0.362. The second-order valence-electron chi connectivity index (χ2n) is 5.83. The molecule has 0 heterocycles. The van der Waals surface area contributed by atoms with E-state index in [9.17, 15) is 19.5 Å². The van der Waals surface area contributed by atoms with Gasteiger partial charge in [0, 0.05) is 28.8 Å². The molecule has 0 radical (unpaired) electrons. The minimum absolute atomic E-state index is 0.0440. The number of hydrogen-bond donors (Lipinski definition) is 2. The molecule has 2 aromatic rings. The van der Waals surface area contributed by atoms with Crippen LogP contribution in [0.5, 0.6) is 5.75 Å². The Hall–Kier alpha value is -3.21. The number of carbonyl (C=O) groups excluding carboxylic acids is 3. The summed E-state index contributed by atoms with van der Waals surface area (Å²) >= 11 is 0. The highest BCUT2D eigenvalue weighted by Gasteiger charge is 2.31. The standard InChI is InChI=1S/C20H17NO4/c1-12-14(10-11-21-20(25)13-6-3-2-4-7-13)19(24)17-15(18(12)23)8-5-9-16(17)22/h2-9,22H,10-11H2,1H3,(H,21,25). The van der Waals surface area contributed by atoms with Gasteiger partial charge in [0.1, 0.15) is 5.75 Å². The third-order valence-corrected chi connectivity index (χ3v) is 4.28. The molecule has 25 heavy (non-hydrogen) atoms. The number of phenolic OH excluding ortho intramolecular Hbond substituents is 1. The third kappa shape index (κ3) is 3.08. The van der Waals surface area contributed by atoms with Crippen molar-refractivity contribution in [1.29, 1.82) is 0 Å². The molecule has 1 aliphatic rings. The van der Waals surface area contributed by atoms with Gasteiger partial charge in [-0.15, -0.1) is 0 Å². The molecule has 0 aliphatic heterocycles. The summed E-state index contributed by atoms with van der Waals surface area (Å²) in [7, 11) is 0. The normalized spacial score (nSPS) is 13.6. The van der Waals surface area contributed by atoms with Gasteiger partial charge in [-0.05, 0) is 31.5 Å². The summed E-state index contributed by atoms with van der Waals surface area (Å²) in [6.07, 6.45) is 0.225. The number of phenols is 1. The Morgan fingerprint density at radius 1 is 1.00 bits per heavy atom. The largest absolute Gasteiger partial charge is 0.507 e. The lowest BCUT2D eigenvalue weighted by Gasteiger charge is -2.20. The molecule has 0 saturated heterocycles. The first-order valence-electron chi connectivity index (χ1n) is 7.95. The second-order valence-corrected chi connectivity index (χ2v) is 5.83. The van der Waals surface area contributed by atoms with E-state index in [-0.39, 0.29) is 47.3 Å². The van der Waals surface area contributed by atoms with Crippen molar-refractivity contribution in [3.63, 3.8) is 0 Å². The molecule has 5 heteroatoms. The molecule has 0 aromatic heterocycles. The average molecular weight is 335 g/mol. The third-order valence-electron chi connectivity index (χ3n) is 4.28. The number of aromatic hydroxyl groups is 1. The molecular formula is C20H17NO4. The molecule has 5 nitrogen and oxygen atoms in total. The Morgan fingerprint density at radius 3 is 2.44 bits per heavy atom. The Labute approximate surface area is 145 Å². The highest BCUT2D eigenvalue weighted by atomic mass is 16.3. The van der Waals surface area contributed by atoms with Gasteiger partial charge in [-0.2, -0.15) is 0 Å². The lowest BCUT2D eigenvalue weighted by molar-refractivity contribution is 0.0946. The smallest absolute Gasteiger partial charge is 0.251 e. The molecule has 0 atom stereocenters. The van der Waals surface area contributed by atoms with Crippen LogP contribution in [0.4, 0.5) is 0 Å². The second kappa shape index (κ2) is 6.73. The Kier molecular flexibility index (Phi) is 4.48. The molecule has 0 saturated carbocycles. The van der Waals surface area contributed by atoms with Crippen molar-refractivity contribution in [3.8, 4) is 5.75 Å². The predicted molar refractivity (Wildman–Crippen MR) is 92.9 cm³/mol. The van der Waals surface area contributed by atoms with E-state index in [1.54, 1.807) is 31.2 Å². The van der Waals surface area contributed by atoms with Crippen molar-refractivity contribution >= 4 is 17.5 Å². The number of nitrogens with one attached hydrogen (secondary N) is 1. The maximum Gasteiger partial charge on any atom is 0.251 e. The zero-order valence-corrected chi connectivity index (χ0v) is 13.7. The first kappa shape index (κ1) is 16.6. The van der Waals surface area contributed by atoms with Gasteiger partial charge in [0.2, 0.25) is 0 Å². The summed E-state index contributed by atoms with van der Waals surface area (Å²) in [6, 6.07) is 13.2. The van der Waals surface area contributed by atoms with Crippen molar-refractivity contribution in [2.45, 2.75) is 13.3 Å². The maximum absolute atomic E-state index is 12.7. The van der Waals surface area contributed by atoms with Crippen LogP contribution in [0.3, 0.4) is 0 Å². The van der Waals surface area contributed by atoms with Gasteiger partial charge in [-0.1, -0.05) is 30.3 Å². The lowest BCUT2D eigenvalue weighted by atomic mass is 9.83. The molecule has 0 bridgehead atoms. The van der Waals surface area contributed by atoms with Crippen LogP contribution in [0.1, 0.15) is 44.4 Å². The zero-order valence-electron chi connectivity index (χ0n) is 13.7. The van der Waals surface area contributed by atoms with Crippen molar-refractivity contribution in [1.82, 2.24) is 5.32 Å².